The lowest BCUT2D eigenvalue weighted by atomic mass is 9.73. The van der Waals surface area contributed by atoms with Gasteiger partial charge in [-0.2, -0.15) is 0 Å². The molecule has 0 unspecified atom stereocenters. The van der Waals surface area contributed by atoms with E-state index in [1.165, 1.54) is 0 Å². The van der Waals surface area contributed by atoms with Crippen LogP contribution in [0.15, 0.2) is 35.2 Å². The van der Waals surface area contributed by atoms with Gasteiger partial charge in [-0.15, -0.1) is 0 Å². The standard InChI is InChI=1S/C21H21ClF2N2O4S/c1-31(28,29)19-16(23)11-14(12-17(19)24)30-9-8-26-6-4-21(5-7-26)15-10-13(22)2-3-18(15)25-20(21)27/h2-3,10-12H,4-9H2,1H3,(H,25,27). The molecule has 1 amide bonds. The number of amides is 1. The van der Waals surface area contributed by atoms with E-state index in [0.717, 1.165) is 29.6 Å². The summed E-state index contributed by atoms with van der Waals surface area (Å²) in [7, 11) is -4.01. The van der Waals surface area contributed by atoms with Crippen LogP contribution in [0.1, 0.15) is 18.4 Å². The average Bonchev–Trinajstić information content (AvgIpc) is 2.93. The normalized spacial score (nSPS) is 18.1. The number of nitrogens with zero attached hydrogens (tertiary/aromatic N) is 1. The lowest BCUT2D eigenvalue weighted by Crippen LogP contribution is -2.47. The summed E-state index contributed by atoms with van der Waals surface area (Å²) in [4.78, 5) is 13.8. The van der Waals surface area contributed by atoms with Crippen LogP contribution in [0.4, 0.5) is 14.5 Å². The third kappa shape index (κ3) is 4.14. The maximum absolute atomic E-state index is 14.0. The number of anilines is 1. The van der Waals surface area contributed by atoms with Crippen molar-refractivity contribution in [1.82, 2.24) is 4.90 Å². The van der Waals surface area contributed by atoms with Gasteiger partial charge in [0.2, 0.25) is 5.91 Å². The monoisotopic (exact) mass is 470 g/mol. The molecule has 10 heteroatoms. The second-order valence-electron chi connectivity index (χ2n) is 7.90. The second-order valence-corrected chi connectivity index (χ2v) is 10.3. The van der Waals surface area contributed by atoms with Crippen molar-refractivity contribution in [2.75, 3.05) is 37.8 Å². The predicted molar refractivity (Wildman–Crippen MR) is 112 cm³/mol. The van der Waals surface area contributed by atoms with Crippen molar-refractivity contribution < 1.29 is 26.7 Å². The highest BCUT2D eigenvalue weighted by Crippen LogP contribution is 2.45. The Morgan fingerprint density at radius 1 is 1.16 bits per heavy atom. The van der Waals surface area contributed by atoms with Crippen molar-refractivity contribution in [3.8, 4) is 5.75 Å². The lowest BCUT2D eigenvalue weighted by molar-refractivity contribution is -0.122. The highest BCUT2D eigenvalue weighted by molar-refractivity contribution is 7.90. The van der Waals surface area contributed by atoms with Crippen molar-refractivity contribution in [2.24, 2.45) is 0 Å². The zero-order chi connectivity index (χ0) is 22.4. The highest BCUT2D eigenvalue weighted by Gasteiger charge is 2.48. The molecule has 0 atom stereocenters. The van der Waals surface area contributed by atoms with Gasteiger partial charge in [0.25, 0.3) is 0 Å². The van der Waals surface area contributed by atoms with Crippen molar-refractivity contribution in [2.45, 2.75) is 23.2 Å². The molecule has 2 aromatic carbocycles. The average molecular weight is 471 g/mol. The number of halogens is 3. The largest absolute Gasteiger partial charge is 0.492 e. The van der Waals surface area contributed by atoms with Gasteiger partial charge >= 0.3 is 0 Å². The predicted octanol–water partition coefficient (Wildman–Crippen LogP) is 3.39. The van der Waals surface area contributed by atoms with E-state index in [1.54, 1.807) is 6.07 Å². The summed E-state index contributed by atoms with van der Waals surface area (Å²) in [5.74, 6) is -2.45. The zero-order valence-electron chi connectivity index (χ0n) is 16.8. The molecule has 4 rings (SSSR count). The topological polar surface area (TPSA) is 75.7 Å². The molecule has 166 valence electrons. The number of hydrogen-bond donors (Lipinski definition) is 1. The van der Waals surface area contributed by atoms with E-state index in [4.69, 9.17) is 16.3 Å². The van der Waals surface area contributed by atoms with Gasteiger partial charge in [0.1, 0.15) is 28.9 Å². The fraction of sp³-hybridized carbons (Fsp3) is 0.381. The van der Waals surface area contributed by atoms with Crippen LogP contribution in [0, 0.1) is 11.6 Å². The number of piperidine rings is 1. The van der Waals surface area contributed by atoms with Crippen LogP contribution in [0.3, 0.4) is 0 Å². The van der Waals surface area contributed by atoms with Crippen LogP contribution in [0.5, 0.6) is 5.75 Å². The Morgan fingerprint density at radius 3 is 2.42 bits per heavy atom. The summed E-state index contributed by atoms with van der Waals surface area (Å²) in [6, 6.07) is 7.15. The fourth-order valence-corrected chi connectivity index (χ4v) is 5.31. The molecule has 1 saturated heterocycles. The molecule has 31 heavy (non-hydrogen) atoms. The summed E-state index contributed by atoms with van der Waals surface area (Å²) in [5.41, 5.74) is 1.14. The number of carbonyl (C=O) groups is 1. The molecule has 2 aliphatic rings. The van der Waals surface area contributed by atoms with E-state index in [0.29, 0.717) is 37.5 Å². The van der Waals surface area contributed by atoms with Crippen molar-refractivity contribution in [1.29, 1.82) is 0 Å². The molecule has 1 N–H and O–H groups in total. The Balaban J connectivity index is 1.36. The first kappa shape index (κ1) is 22.0. The summed E-state index contributed by atoms with van der Waals surface area (Å²) in [5, 5.41) is 3.53. The van der Waals surface area contributed by atoms with Crippen LogP contribution in [0.25, 0.3) is 0 Å². The van der Waals surface area contributed by atoms with Crippen molar-refractivity contribution in [3.63, 3.8) is 0 Å². The van der Waals surface area contributed by atoms with E-state index < -0.39 is 31.8 Å². The first-order valence-corrected chi connectivity index (χ1v) is 12.0. The van der Waals surface area contributed by atoms with Crippen LogP contribution in [-0.2, 0) is 20.0 Å². The third-order valence-electron chi connectivity index (χ3n) is 5.91. The molecule has 2 aromatic rings. The summed E-state index contributed by atoms with van der Waals surface area (Å²) in [6.45, 7) is 1.97. The summed E-state index contributed by atoms with van der Waals surface area (Å²) in [6.07, 6.45) is 1.99. The highest BCUT2D eigenvalue weighted by atomic mass is 35.5. The number of likely N-dealkylation sites (tertiary alicyclic amines) is 1. The Morgan fingerprint density at radius 2 is 1.81 bits per heavy atom. The van der Waals surface area contributed by atoms with Crippen LogP contribution < -0.4 is 10.1 Å². The number of hydrogen-bond acceptors (Lipinski definition) is 5. The molecular weight excluding hydrogens is 450 g/mol. The lowest BCUT2D eigenvalue weighted by Gasteiger charge is -2.38. The number of fused-ring (bicyclic) bond motifs is 2. The van der Waals surface area contributed by atoms with Crippen molar-refractivity contribution >= 4 is 33.0 Å². The molecule has 2 aliphatic heterocycles. The minimum Gasteiger partial charge on any atom is -0.492 e. The SMILES string of the molecule is CS(=O)(=O)c1c(F)cc(OCCN2CCC3(CC2)C(=O)Nc2ccc(Cl)cc23)cc1F. The van der Waals surface area contributed by atoms with Crippen molar-refractivity contribution in [3.05, 3.63) is 52.6 Å². The molecular formula is C21H21ClF2N2O4S. The van der Waals surface area contributed by atoms with Gasteiger partial charge < -0.3 is 10.1 Å². The molecule has 1 fully saturated rings. The van der Waals surface area contributed by atoms with Gasteiger partial charge in [-0.3, -0.25) is 9.69 Å². The van der Waals surface area contributed by atoms with Gasteiger partial charge in [-0.25, -0.2) is 17.2 Å². The number of nitrogens with one attached hydrogen (secondary N) is 1. The number of benzene rings is 2. The molecule has 0 radical (unpaired) electrons. The van der Waals surface area contributed by atoms with Gasteiger partial charge in [0.05, 0.1) is 5.41 Å². The molecule has 6 nitrogen and oxygen atoms in total. The fourth-order valence-electron chi connectivity index (χ4n) is 4.31. The summed E-state index contributed by atoms with van der Waals surface area (Å²) >= 11 is 6.13. The summed E-state index contributed by atoms with van der Waals surface area (Å²) < 4.78 is 56.3. The second kappa shape index (κ2) is 8.03. The smallest absolute Gasteiger partial charge is 0.235 e. The molecule has 0 aromatic heterocycles. The Kier molecular flexibility index (Phi) is 5.70. The molecule has 1 spiro atoms. The van der Waals surface area contributed by atoms with E-state index in [2.05, 4.69) is 10.2 Å². The Bertz CT molecular complexity index is 1130. The maximum atomic E-state index is 14.0. The maximum Gasteiger partial charge on any atom is 0.235 e. The van der Waals surface area contributed by atoms with E-state index in [1.807, 2.05) is 12.1 Å². The van der Waals surface area contributed by atoms with Gasteiger partial charge in [-0.1, -0.05) is 11.6 Å². The first-order valence-electron chi connectivity index (χ1n) is 9.76. The first-order chi connectivity index (χ1) is 14.6. The van der Waals surface area contributed by atoms with Crippen LogP contribution >= 0.6 is 11.6 Å². The molecule has 2 heterocycles. The van der Waals surface area contributed by atoms with Gasteiger partial charge in [0.15, 0.2) is 9.84 Å². The third-order valence-corrected chi connectivity index (χ3v) is 7.28. The van der Waals surface area contributed by atoms with E-state index in [-0.39, 0.29) is 18.3 Å². The van der Waals surface area contributed by atoms with E-state index in [9.17, 15) is 22.0 Å². The van der Waals surface area contributed by atoms with E-state index >= 15 is 0 Å². The molecule has 0 bridgehead atoms. The minimum absolute atomic E-state index is 0.0161. The number of rotatable bonds is 5. The number of carbonyl (C=O) groups excluding carboxylic acids is 1. The minimum atomic E-state index is -4.01. The van der Waals surface area contributed by atoms with Crippen LogP contribution in [-0.4, -0.2) is 51.7 Å². The Labute approximate surface area is 184 Å². The Hall–Kier alpha value is -2.23. The number of sulfone groups is 1. The van der Waals surface area contributed by atoms with Crippen LogP contribution in [0.2, 0.25) is 5.02 Å². The quantitative estimate of drug-likeness (QED) is 0.725. The van der Waals surface area contributed by atoms with Gasteiger partial charge in [-0.05, 0) is 49.7 Å². The molecule has 0 saturated carbocycles. The molecule has 0 aliphatic carbocycles. The van der Waals surface area contributed by atoms with Gasteiger partial charge in [0, 0.05) is 35.6 Å². The number of ether oxygens (including phenoxy) is 1. The zero-order valence-corrected chi connectivity index (χ0v) is 18.3.